The van der Waals surface area contributed by atoms with Crippen molar-refractivity contribution < 1.29 is 23.1 Å². The van der Waals surface area contributed by atoms with E-state index in [0.717, 1.165) is 11.0 Å². The third-order valence-electron chi connectivity index (χ3n) is 4.12. The topological polar surface area (TPSA) is 40.5 Å². The van der Waals surface area contributed by atoms with Crippen LogP contribution in [0.1, 0.15) is 22.8 Å². The molecule has 0 saturated carbocycles. The van der Waals surface area contributed by atoms with Gasteiger partial charge in [0.05, 0.1) is 11.5 Å². The van der Waals surface area contributed by atoms with Gasteiger partial charge in [-0.1, -0.05) is 24.3 Å². The zero-order chi connectivity index (χ0) is 16.6. The number of carboxylic acids is 1. The van der Waals surface area contributed by atoms with Crippen molar-refractivity contribution in [1.82, 2.24) is 4.90 Å². The number of halogens is 3. The number of likely N-dealkylation sites (tertiary alicyclic amines) is 1. The quantitative estimate of drug-likeness (QED) is 0.903. The molecule has 0 aliphatic carbocycles. The molecule has 0 radical (unpaired) electrons. The first-order valence-corrected chi connectivity index (χ1v) is 8.19. The Balaban J connectivity index is 1.56. The van der Waals surface area contributed by atoms with Gasteiger partial charge in [0.1, 0.15) is 0 Å². The lowest BCUT2D eigenvalue weighted by atomic mass is 10.0. The summed E-state index contributed by atoms with van der Waals surface area (Å²) >= 11 is 1.57. The molecule has 23 heavy (non-hydrogen) atoms. The van der Waals surface area contributed by atoms with Gasteiger partial charge >= 0.3 is 12.1 Å². The molecular weight excluding hydrogens is 327 g/mol. The highest BCUT2D eigenvalue weighted by atomic mass is 32.2. The molecule has 1 unspecified atom stereocenters. The van der Waals surface area contributed by atoms with Crippen LogP contribution in [0.15, 0.2) is 35.2 Å². The molecule has 7 heteroatoms. The van der Waals surface area contributed by atoms with Crippen molar-refractivity contribution in [2.75, 3.05) is 19.6 Å². The number of benzene rings is 1. The number of carbonyl (C=O) groups is 1. The number of hydrogen-bond acceptors (Lipinski definition) is 3. The van der Waals surface area contributed by atoms with Gasteiger partial charge in [-0.05, 0) is 23.0 Å². The second-order valence-corrected chi connectivity index (χ2v) is 7.19. The van der Waals surface area contributed by atoms with Crippen LogP contribution in [-0.4, -0.2) is 35.6 Å². The predicted octanol–water partition coefficient (Wildman–Crippen LogP) is 3.78. The van der Waals surface area contributed by atoms with Crippen molar-refractivity contribution in [2.24, 2.45) is 5.92 Å². The molecule has 124 valence electrons. The summed E-state index contributed by atoms with van der Waals surface area (Å²) in [6.07, 6.45) is -1.57. The fraction of sp³-hybridized carbons (Fsp3) is 0.438. The Labute approximate surface area is 136 Å². The minimum Gasteiger partial charge on any atom is -0.481 e. The van der Waals surface area contributed by atoms with Crippen molar-refractivity contribution in [3.63, 3.8) is 0 Å². The third kappa shape index (κ3) is 3.72. The lowest BCUT2D eigenvalue weighted by molar-refractivity contribution is -0.147. The van der Waals surface area contributed by atoms with Gasteiger partial charge in [-0.15, -0.1) is 11.8 Å². The normalized spacial score (nSPS) is 22.7. The molecule has 0 bridgehead atoms. The summed E-state index contributed by atoms with van der Waals surface area (Å²) in [6, 6.07) is 5.49. The van der Waals surface area contributed by atoms with Gasteiger partial charge in [0.15, 0.2) is 0 Å². The van der Waals surface area contributed by atoms with Gasteiger partial charge in [0, 0.05) is 24.9 Å². The zero-order valence-corrected chi connectivity index (χ0v) is 13.0. The lowest BCUT2D eigenvalue weighted by Crippen LogP contribution is -2.50. The van der Waals surface area contributed by atoms with Crippen LogP contribution in [0.25, 0.3) is 0 Å². The second-order valence-electron chi connectivity index (χ2n) is 5.87. The van der Waals surface area contributed by atoms with Crippen LogP contribution in [0.4, 0.5) is 13.2 Å². The summed E-state index contributed by atoms with van der Waals surface area (Å²) in [5, 5.41) is 8.86. The number of allylic oxidation sites excluding steroid dienone is 1. The van der Waals surface area contributed by atoms with Crippen molar-refractivity contribution in [1.29, 1.82) is 0 Å². The Kier molecular flexibility index (Phi) is 4.42. The Morgan fingerprint density at radius 2 is 2.09 bits per heavy atom. The van der Waals surface area contributed by atoms with E-state index in [0.29, 0.717) is 31.6 Å². The molecule has 0 spiro atoms. The van der Waals surface area contributed by atoms with E-state index in [1.54, 1.807) is 17.8 Å². The van der Waals surface area contributed by atoms with Crippen LogP contribution in [-0.2, 0) is 11.0 Å². The third-order valence-corrected chi connectivity index (χ3v) is 5.47. The summed E-state index contributed by atoms with van der Waals surface area (Å²) < 4.78 is 38.4. The Morgan fingerprint density at radius 3 is 2.74 bits per heavy atom. The number of rotatable bonds is 4. The van der Waals surface area contributed by atoms with Crippen molar-refractivity contribution in [3.8, 4) is 0 Å². The monoisotopic (exact) mass is 343 g/mol. The molecule has 0 aromatic heterocycles. The highest BCUT2D eigenvalue weighted by Gasteiger charge is 2.34. The maximum Gasteiger partial charge on any atom is 0.416 e. The second kappa shape index (κ2) is 6.20. The van der Waals surface area contributed by atoms with Crippen molar-refractivity contribution in [2.45, 2.75) is 17.8 Å². The molecule has 3 rings (SSSR count). The van der Waals surface area contributed by atoms with E-state index >= 15 is 0 Å². The fourth-order valence-electron chi connectivity index (χ4n) is 2.81. The van der Waals surface area contributed by atoms with Crippen LogP contribution in [0.3, 0.4) is 0 Å². The highest BCUT2D eigenvalue weighted by molar-refractivity contribution is 8.03. The van der Waals surface area contributed by atoms with E-state index in [4.69, 9.17) is 5.11 Å². The van der Waals surface area contributed by atoms with Crippen LogP contribution in [0, 0.1) is 5.92 Å². The number of aliphatic carboxylic acids is 1. The molecule has 2 aliphatic rings. The van der Waals surface area contributed by atoms with E-state index in [9.17, 15) is 18.0 Å². The standard InChI is InChI=1S/C16H16F3NO2S/c17-16(18,19)12-3-1-2-10(6-12)14-5-4-13(23-14)9-20-7-11(8-20)15(21)22/h1-4,6,11,14H,5,7-9H2,(H,21,22). The van der Waals surface area contributed by atoms with Crippen molar-refractivity contribution >= 4 is 17.7 Å². The van der Waals surface area contributed by atoms with E-state index in [1.807, 2.05) is 11.0 Å². The van der Waals surface area contributed by atoms with Gasteiger partial charge in [0.25, 0.3) is 0 Å². The van der Waals surface area contributed by atoms with Crippen LogP contribution in [0.5, 0.6) is 0 Å². The molecule has 1 fully saturated rings. The average molecular weight is 343 g/mol. The first-order chi connectivity index (χ1) is 10.8. The summed E-state index contributed by atoms with van der Waals surface area (Å²) in [7, 11) is 0. The predicted molar refractivity (Wildman–Crippen MR) is 82.0 cm³/mol. The highest BCUT2D eigenvalue weighted by Crippen LogP contribution is 2.45. The van der Waals surface area contributed by atoms with E-state index < -0.39 is 17.7 Å². The molecule has 0 amide bonds. The Hall–Kier alpha value is -1.47. The summed E-state index contributed by atoms with van der Waals surface area (Å²) in [6.45, 7) is 1.77. The maximum absolute atomic E-state index is 12.8. The largest absolute Gasteiger partial charge is 0.481 e. The minimum absolute atomic E-state index is 0.00356. The molecule has 2 aliphatic heterocycles. The number of nitrogens with zero attached hydrogens (tertiary/aromatic N) is 1. The molecule has 1 N–H and O–H groups in total. The zero-order valence-electron chi connectivity index (χ0n) is 12.2. The lowest BCUT2D eigenvalue weighted by Gasteiger charge is -2.36. The van der Waals surface area contributed by atoms with E-state index in [-0.39, 0.29) is 11.2 Å². The van der Waals surface area contributed by atoms with E-state index in [2.05, 4.69) is 0 Å². The van der Waals surface area contributed by atoms with E-state index in [1.165, 1.54) is 12.1 Å². The molecule has 1 aromatic rings. The number of thioether (sulfide) groups is 1. The molecule has 1 aromatic carbocycles. The SMILES string of the molecule is O=C(O)C1CN(CC2=CCC(c3cccc(C(F)(F)F)c3)S2)C1. The Bertz CT molecular complexity index is 638. The van der Waals surface area contributed by atoms with Crippen LogP contribution in [0.2, 0.25) is 0 Å². The summed E-state index contributed by atoms with van der Waals surface area (Å²) in [4.78, 5) is 13.9. The number of hydrogen-bond donors (Lipinski definition) is 1. The summed E-state index contributed by atoms with van der Waals surface area (Å²) in [5.74, 6) is -1.06. The van der Waals surface area contributed by atoms with Crippen LogP contribution < -0.4 is 0 Å². The molecule has 2 heterocycles. The van der Waals surface area contributed by atoms with Gasteiger partial charge < -0.3 is 5.11 Å². The minimum atomic E-state index is -4.32. The fourth-order valence-corrected chi connectivity index (χ4v) is 4.10. The molecule has 1 saturated heterocycles. The van der Waals surface area contributed by atoms with Gasteiger partial charge in [-0.3, -0.25) is 9.69 Å². The van der Waals surface area contributed by atoms with Crippen LogP contribution >= 0.6 is 11.8 Å². The maximum atomic E-state index is 12.8. The van der Waals surface area contributed by atoms with Gasteiger partial charge in [0.2, 0.25) is 0 Å². The average Bonchev–Trinajstić information content (AvgIpc) is 2.90. The van der Waals surface area contributed by atoms with Crippen molar-refractivity contribution in [3.05, 3.63) is 46.4 Å². The molecule has 1 atom stereocenters. The number of carboxylic acid groups (broad SMARTS) is 1. The van der Waals surface area contributed by atoms with Gasteiger partial charge in [-0.25, -0.2) is 0 Å². The summed E-state index contributed by atoms with van der Waals surface area (Å²) in [5.41, 5.74) is 0.0687. The smallest absolute Gasteiger partial charge is 0.416 e. The first kappa shape index (κ1) is 16.4. The number of alkyl halides is 3. The Morgan fingerprint density at radius 1 is 1.35 bits per heavy atom. The first-order valence-electron chi connectivity index (χ1n) is 7.31. The molecular formula is C16H16F3NO2S. The van der Waals surface area contributed by atoms with Gasteiger partial charge in [-0.2, -0.15) is 13.2 Å². The molecule has 3 nitrogen and oxygen atoms in total.